The van der Waals surface area contributed by atoms with Crippen LogP contribution in [0.25, 0.3) is 11.1 Å². The highest BCUT2D eigenvalue weighted by Crippen LogP contribution is 2.54. The van der Waals surface area contributed by atoms with Gasteiger partial charge in [0, 0.05) is 49.9 Å². The van der Waals surface area contributed by atoms with Crippen molar-refractivity contribution >= 4 is 93.8 Å². The second kappa shape index (κ2) is 40.0. The third-order valence-electron chi connectivity index (χ3n) is 23.9. The number of nitrogens with zero attached hydrogens (tertiary/aromatic N) is 3. The van der Waals surface area contributed by atoms with Crippen molar-refractivity contribution in [3.05, 3.63) is 178 Å². The number of benzene rings is 7. The molecule has 7 aromatic rings. The molecule has 0 spiro atoms. The molecule has 0 saturated carbocycles. The van der Waals surface area contributed by atoms with Gasteiger partial charge in [-0.3, -0.25) is 58.7 Å². The number of ether oxygens (including phenoxy) is 12. The largest absolute Gasteiger partial charge is 0.508 e. The van der Waals surface area contributed by atoms with E-state index in [0.29, 0.717) is 0 Å². The molecule has 8 aliphatic rings. The summed E-state index contributed by atoms with van der Waals surface area (Å²) in [4.78, 5) is 173. The van der Waals surface area contributed by atoms with Gasteiger partial charge in [0.25, 0.3) is 5.69 Å². The number of halogens is 2. The minimum atomic E-state index is -3.08. The maximum absolute atomic E-state index is 16.6. The van der Waals surface area contributed by atoms with E-state index >= 15 is 28.8 Å². The number of carbonyl (C=O) groups is 10. The molecule has 18 atom stereocenters. The smallest absolute Gasteiger partial charge is 0.415 e. The van der Waals surface area contributed by atoms with Gasteiger partial charge in [-0.1, -0.05) is 61.3 Å². The number of phenols is 1. The number of amides is 7. The molecule has 2 fully saturated rings. The number of phenolic OH excluding ortho intramolecular Hbond substituents is 1. The maximum Gasteiger partial charge on any atom is 0.415 e. The number of rotatable bonds is 23. The van der Waals surface area contributed by atoms with E-state index in [-0.39, 0.29) is 62.8 Å². The molecule has 0 radical (unpaired) electrons. The van der Waals surface area contributed by atoms with Crippen LogP contribution in [0.5, 0.6) is 63.2 Å². The van der Waals surface area contributed by atoms with Crippen molar-refractivity contribution in [1.82, 2.24) is 31.5 Å². The topological polar surface area (TPSA) is 659 Å². The molecule has 135 heavy (non-hydrogen) atoms. The van der Waals surface area contributed by atoms with Crippen LogP contribution in [0.3, 0.4) is 0 Å². The number of nitrogens with one attached hydrogen (secondary N) is 5. The van der Waals surface area contributed by atoms with Crippen LogP contribution < -0.4 is 70.2 Å². The zero-order valence-corrected chi connectivity index (χ0v) is 74.4. The van der Waals surface area contributed by atoms with Crippen LogP contribution in [0, 0.1) is 32.1 Å². The van der Waals surface area contributed by atoms with E-state index in [1.807, 2.05) is 0 Å². The summed E-state index contributed by atoms with van der Waals surface area (Å²) in [5.41, 5.74) is -0.916. The van der Waals surface area contributed by atoms with Gasteiger partial charge in [-0.05, 0) is 126 Å². The fourth-order valence-corrected chi connectivity index (χ4v) is 17.4. The lowest BCUT2D eigenvalue weighted by Crippen LogP contribution is -2.66. The zero-order valence-electron chi connectivity index (χ0n) is 72.9. The fourth-order valence-electron chi connectivity index (χ4n) is 16.9. The highest BCUT2D eigenvalue weighted by atomic mass is 35.5. The molecule has 1 aliphatic carbocycles. The Morgan fingerprint density at radius 2 is 1.29 bits per heavy atom. The first kappa shape index (κ1) is 99.1. The molecule has 720 valence electrons. The van der Waals surface area contributed by atoms with Crippen molar-refractivity contribution in [1.29, 1.82) is 0 Å². The summed E-state index contributed by atoms with van der Waals surface area (Å²) in [6, 6.07) is 6.67. The van der Waals surface area contributed by atoms with Gasteiger partial charge in [-0.25, -0.2) is 14.4 Å². The molecule has 15 rings (SSSR count). The van der Waals surface area contributed by atoms with Crippen LogP contribution in [0.1, 0.15) is 135 Å². The van der Waals surface area contributed by atoms with Gasteiger partial charge in [-0.15, -0.1) is 0 Å². The number of carboxylic acid groups (broad SMARTS) is 1. The maximum atomic E-state index is 16.6. The average Bonchev–Trinajstić information content (AvgIpc) is 1.56. The number of Topliss-reactive ketones (excluding diaryl/α,β-unsaturated/α-hetero) is 2. The van der Waals surface area contributed by atoms with Gasteiger partial charge in [0.1, 0.15) is 84.6 Å². The first-order valence-electron chi connectivity index (χ1n) is 41.5. The van der Waals surface area contributed by atoms with Gasteiger partial charge in [0.15, 0.2) is 64.5 Å². The number of carbonyl (C=O) groups excluding carboxylic acids is 9. The van der Waals surface area contributed by atoms with E-state index in [1.54, 1.807) is 13.8 Å². The van der Waals surface area contributed by atoms with E-state index in [9.17, 15) is 90.5 Å². The lowest BCUT2D eigenvalue weighted by Gasteiger charge is -2.48. The Hall–Kier alpha value is -13.4. The van der Waals surface area contributed by atoms with E-state index in [0.717, 1.165) is 109 Å². The van der Waals surface area contributed by atoms with Crippen LogP contribution in [-0.4, -0.2) is 240 Å². The number of hydrogen-bond acceptors (Lipinski definition) is 35. The Kier molecular flexibility index (Phi) is 29.4. The SMILES string of the molecule is COc1cc(COC(=O)N[C@@]2(C)C[C@H](O[C@H]3[C@H](Oc4c5cc6cc4Oc4ccc(cc4Cl)[C@@H](O)[C@@H](NC(=O)[C@@H](CC(C)C)N(C)C(=O)Oc4cc(OC)c(OC)cc4[N+](=O)[O-])C(=O)C[C@@H](CC(N)=O)C(=O)N[C@H]6C(=O)C[C@H]4C(=O)N[C@H](C(=O)N[C@H](C(=O)O)c6cc(O)cc7c6-c6cc4ccc6C7(O)O)[C@H](O)c4ccc(c(Cl)c4)O5)O[C@H](CO)[C@@H](O)[C@@H]3O)O[C@@H](C)[C@H]2O)c([N+](=O)[O-])cc1OC. The molecule has 0 unspecified atom stereocenters. The van der Waals surface area contributed by atoms with Gasteiger partial charge in [-0.2, -0.15) is 0 Å². The predicted molar refractivity (Wildman–Crippen MR) is 460 cm³/mol. The minimum Gasteiger partial charge on any atom is -0.508 e. The average molecular weight is 1920 g/mol. The van der Waals surface area contributed by atoms with Crippen molar-refractivity contribution in [2.45, 2.75) is 175 Å². The fraction of sp³-hybridized carbons (Fsp3) is 0.409. The Balaban J connectivity index is 0.971. The molecule has 45 nitrogen and oxygen atoms in total. The normalized spacial score (nSPS) is 25.4. The van der Waals surface area contributed by atoms with Gasteiger partial charge in [0.05, 0.1) is 96.1 Å². The summed E-state index contributed by atoms with van der Waals surface area (Å²) in [5, 5.41) is 154. The first-order valence-corrected chi connectivity index (χ1v) is 42.3. The number of aliphatic hydroxyl groups is 8. The quantitative estimate of drug-likeness (QED) is 0.0230. The second-order valence-corrected chi connectivity index (χ2v) is 34.1. The number of alkyl carbamates (subject to hydrolysis) is 1. The Bertz CT molecular complexity index is 5900. The van der Waals surface area contributed by atoms with E-state index in [1.165, 1.54) is 48.4 Å². The summed E-state index contributed by atoms with van der Waals surface area (Å²) in [6.07, 6.45) is -27.0. The molecular weight excluding hydrogens is 1830 g/mol. The number of carboxylic acids is 1. The summed E-state index contributed by atoms with van der Waals surface area (Å²) in [7, 11) is 5.94. The molecule has 7 aliphatic heterocycles. The lowest BCUT2D eigenvalue weighted by atomic mass is 9.85. The highest BCUT2D eigenvalue weighted by molar-refractivity contribution is 6.32. The Morgan fingerprint density at radius 1 is 0.689 bits per heavy atom. The number of ketones is 2. The number of aromatic hydroxyl groups is 1. The van der Waals surface area contributed by atoms with Crippen LogP contribution in [0.15, 0.2) is 103 Å². The van der Waals surface area contributed by atoms with Crippen molar-refractivity contribution in [3.63, 3.8) is 0 Å². The summed E-state index contributed by atoms with van der Waals surface area (Å²) in [6.45, 7) is 4.05. The number of primary amides is 1. The summed E-state index contributed by atoms with van der Waals surface area (Å²) in [5.74, 6) is -23.9. The Morgan fingerprint density at radius 3 is 1.87 bits per heavy atom. The van der Waals surface area contributed by atoms with Crippen molar-refractivity contribution in [2.75, 3.05) is 42.1 Å². The highest BCUT2D eigenvalue weighted by Gasteiger charge is 2.54. The number of likely N-dealkylation sites (N-methyl/N-ethyl adjacent to an activating group) is 1. The number of methoxy groups -OCH3 is 4. The summed E-state index contributed by atoms with van der Waals surface area (Å²) >= 11 is 14.4. The standard InChI is InChI=1S/C88H93Cl2N9O36/c1-34(2)16-52(97(5)86(117)133-57-30-61(127-9)60(126-8)29-51(57)99(122)123)81(112)94-70-53(102)20-40(24-65(91)104)79(110)92-68-39-21-62(130-55-14-11-37(72(70)105)18-48(55)89)76(135-84-77(75(108)74(107)64(32-100)132-84)134-66-31-87(4,78(109)35(3)129-66)96-85(116)128-33-41-23-58(124-6)59(125-7)28-50(41)98(120)121)63(22-39)131-56-15-12-38(19-49(56)90)73(106)71-82(113)93-69(83(114)115)45-25-42(101)26-47-67(45)44-17-36(10-13-46(44)88(47,118)119)43(27-54(68)103)80(111)95-71/h10-15,17-19,21-23,25-26,28-30,34-35,40,43,52,64,66,68-75,77-78,84,100-101,105-109,118-119H,16,20,24,27,31-33H2,1-9H3,(H2,91,104)(H,92,110)(H,93,113)(H,94,112)(H,95,111)(H,96,116)(H,114,115)/t35-,40-,43+,52+,64+,66-,68+,69-,70-,71-,72+,73+,74+,75-,77+,78+,84-,87-/m0/s1. The number of hydrogen-bond donors (Lipinski definition) is 16. The molecule has 11 bridgehead atoms. The molecule has 7 aromatic carbocycles. The van der Waals surface area contributed by atoms with E-state index in [4.69, 9.17) is 85.8 Å². The number of aliphatic carboxylic acids is 1. The number of nitrogens with two attached hydrogens (primary N) is 1. The Labute approximate surface area is 774 Å². The summed E-state index contributed by atoms with van der Waals surface area (Å²) < 4.78 is 71.2. The second-order valence-electron chi connectivity index (χ2n) is 33.3. The molecule has 47 heteroatoms. The third-order valence-corrected chi connectivity index (χ3v) is 24.5. The van der Waals surface area contributed by atoms with E-state index < -0.39 is 313 Å². The van der Waals surface area contributed by atoms with Crippen LogP contribution in [0.2, 0.25) is 10.0 Å². The molecule has 2 saturated heterocycles. The number of nitro groups is 2. The molecule has 0 aromatic heterocycles. The molecule has 7 amide bonds. The van der Waals surface area contributed by atoms with Gasteiger partial charge < -0.3 is 140 Å². The number of fused-ring (bicyclic) bond motifs is 12. The number of nitro benzene ring substituents is 2. The van der Waals surface area contributed by atoms with Gasteiger partial charge in [0.2, 0.25) is 53.1 Å². The molecular formula is C88H93Cl2N9O36. The predicted octanol–water partition coefficient (Wildman–Crippen LogP) is 4.90. The van der Waals surface area contributed by atoms with Crippen LogP contribution in [0.4, 0.5) is 21.0 Å². The first-order chi connectivity index (χ1) is 63.8. The third kappa shape index (κ3) is 20.4. The molecule has 7 heterocycles. The minimum absolute atomic E-state index is 0.0286. The van der Waals surface area contributed by atoms with Crippen LogP contribution in [-0.2, 0) is 69.7 Å². The van der Waals surface area contributed by atoms with Crippen molar-refractivity contribution in [2.24, 2.45) is 17.6 Å². The zero-order chi connectivity index (χ0) is 98.3. The lowest BCUT2D eigenvalue weighted by molar-refractivity contribution is -0.386. The van der Waals surface area contributed by atoms with E-state index in [2.05, 4.69) is 26.6 Å². The van der Waals surface area contributed by atoms with Crippen molar-refractivity contribution < 1.29 is 166 Å². The van der Waals surface area contributed by atoms with Crippen molar-refractivity contribution in [3.8, 4) is 74.4 Å². The monoisotopic (exact) mass is 1920 g/mol. The molecule has 17 N–H and O–H groups in total. The van der Waals surface area contributed by atoms with Gasteiger partial charge >= 0.3 is 23.8 Å². The number of aliphatic hydroxyl groups excluding tert-OH is 6. The van der Waals surface area contributed by atoms with Crippen LogP contribution >= 0.6 is 23.2 Å².